The molecule has 122 valence electrons. The molecule has 1 saturated heterocycles. The van der Waals surface area contributed by atoms with Crippen molar-refractivity contribution in [2.75, 3.05) is 23.3 Å². The van der Waals surface area contributed by atoms with Gasteiger partial charge in [0.2, 0.25) is 5.95 Å². The Labute approximate surface area is 135 Å². The lowest BCUT2D eigenvalue weighted by Gasteiger charge is -2.27. The number of carbonyl (C=O) groups excluding carboxylic acids is 1. The highest BCUT2D eigenvalue weighted by Crippen LogP contribution is 2.17. The minimum Gasteiger partial charge on any atom is -0.341 e. The van der Waals surface area contributed by atoms with E-state index >= 15 is 0 Å². The second-order valence-electron chi connectivity index (χ2n) is 5.75. The van der Waals surface area contributed by atoms with Crippen molar-refractivity contribution in [3.63, 3.8) is 0 Å². The summed E-state index contributed by atoms with van der Waals surface area (Å²) in [4.78, 5) is 23.5. The SMILES string of the molecule is CCn1ccc(NC(=O)c2cc(C)nc(N3CCCCC3)n2)n1. The Kier molecular flexibility index (Phi) is 4.55. The molecule has 1 aliphatic heterocycles. The molecule has 7 heteroatoms. The third kappa shape index (κ3) is 3.67. The second kappa shape index (κ2) is 6.76. The standard InChI is InChI=1S/C16H22N6O/c1-3-22-10-7-14(20-22)19-15(23)13-11-12(2)17-16(18-13)21-8-5-4-6-9-21/h7,10-11H,3-6,8-9H2,1-2H3,(H,19,20,23). The highest BCUT2D eigenvalue weighted by atomic mass is 16.2. The van der Waals surface area contributed by atoms with E-state index in [1.54, 1.807) is 16.8 Å². The van der Waals surface area contributed by atoms with Gasteiger partial charge in [0.05, 0.1) is 0 Å². The number of amides is 1. The Morgan fingerprint density at radius 2 is 2.04 bits per heavy atom. The van der Waals surface area contributed by atoms with Crippen LogP contribution in [0.3, 0.4) is 0 Å². The molecule has 3 rings (SSSR count). The normalized spacial score (nSPS) is 14.8. The van der Waals surface area contributed by atoms with E-state index in [2.05, 4.69) is 25.3 Å². The number of hydrogen-bond donors (Lipinski definition) is 1. The molecule has 0 saturated carbocycles. The molecule has 7 nitrogen and oxygen atoms in total. The van der Waals surface area contributed by atoms with Crippen molar-refractivity contribution in [2.24, 2.45) is 0 Å². The zero-order valence-electron chi connectivity index (χ0n) is 13.6. The zero-order chi connectivity index (χ0) is 16.2. The Morgan fingerprint density at radius 3 is 2.74 bits per heavy atom. The summed E-state index contributed by atoms with van der Waals surface area (Å²) in [5, 5.41) is 7.05. The number of piperidine rings is 1. The van der Waals surface area contributed by atoms with Gasteiger partial charge in [0, 0.05) is 37.6 Å². The number of anilines is 2. The van der Waals surface area contributed by atoms with Crippen LogP contribution in [0.15, 0.2) is 18.3 Å². The average Bonchev–Trinajstić information content (AvgIpc) is 3.02. The molecule has 3 heterocycles. The quantitative estimate of drug-likeness (QED) is 0.936. The average molecular weight is 314 g/mol. The smallest absolute Gasteiger partial charge is 0.275 e. The van der Waals surface area contributed by atoms with Crippen molar-refractivity contribution < 1.29 is 4.79 Å². The molecule has 1 N–H and O–H groups in total. The summed E-state index contributed by atoms with van der Waals surface area (Å²) >= 11 is 0. The number of hydrogen-bond acceptors (Lipinski definition) is 5. The lowest BCUT2D eigenvalue weighted by atomic mass is 10.1. The minimum absolute atomic E-state index is 0.255. The van der Waals surface area contributed by atoms with Crippen LogP contribution in [0, 0.1) is 6.92 Å². The van der Waals surface area contributed by atoms with Crippen LogP contribution in [0.2, 0.25) is 0 Å². The zero-order valence-corrected chi connectivity index (χ0v) is 13.6. The van der Waals surface area contributed by atoms with Crippen LogP contribution in [0.4, 0.5) is 11.8 Å². The van der Waals surface area contributed by atoms with Crippen LogP contribution in [-0.4, -0.2) is 38.7 Å². The largest absolute Gasteiger partial charge is 0.341 e. The van der Waals surface area contributed by atoms with E-state index in [0.29, 0.717) is 17.5 Å². The van der Waals surface area contributed by atoms with Gasteiger partial charge in [-0.3, -0.25) is 9.48 Å². The molecule has 0 radical (unpaired) electrons. The van der Waals surface area contributed by atoms with E-state index < -0.39 is 0 Å². The molecule has 1 aliphatic rings. The maximum atomic E-state index is 12.4. The number of rotatable bonds is 4. The van der Waals surface area contributed by atoms with E-state index in [0.717, 1.165) is 38.2 Å². The first-order valence-electron chi connectivity index (χ1n) is 8.11. The van der Waals surface area contributed by atoms with Gasteiger partial charge >= 0.3 is 0 Å². The fraction of sp³-hybridized carbons (Fsp3) is 0.500. The third-order valence-electron chi connectivity index (χ3n) is 3.92. The molecule has 0 unspecified atom stereocenters. The van der Waals surface area contributed by atoms with Crippen LogP contribution in [0.1, 0.15) is 42.4 Å². The summed E-state index contributed by atoms with van der Waals surface area (Å²) in [6, 6.07) is 3.49. The lowest BCUT2D eigenvalue weighted by molar-refractivity contribution is 0.102. The van der Waals surface area contributed by atoms with Crippen molar-refractivity contribution in [3.8, 4) is 0 Å². The Bertz CT molecular complexity index is 690. The molecule has 0 aromatic carbocycles. The Balaban J connectivity index is 1.78. The summed E-state index contributed by atoms with van der Waals surface area (Å²) < 4.78 is 1.76. The van der Waals surface area contributed by atoms with Gasteiger partial charge in [-0.2, -0.15) is 5.10 Å². The van der Waals surface area contributed by atoms with Crippen molar-refractivity contribution in [1.29, 1.82) is 0 Å². The summed E-state index contributed by atoms with van der Waals surface area (Å²) in [5.41, 5.74) is 1.17. The number of carbonyl (C=O) groups is 1. The Hall–Kier alpha value is -2.44. The fourth-order valence-electron chi connectivity index (χ4n) is 2.69. The van der Waals surface area contributed by atoms with E-state index in [4.69, 9.17) is 0 Å². The second-order valence-corrected chi connectivity index (χ2v) is 5.75. The molecule has 2 aromatic rings. The maximum Gasteiger partial charge on any atom is 0.275 e. The van der Waals surface area contributed by atoms with E-state index in [1.165, 1.54) is 6.42 Å². The first-order chi connectivity index (χ1) is 11.2. The summed E-state index contributed by atoms with van der Waals surface area (Å²) in [7, 11) is 0. The fourth-order valence-corrected chi connectivity index (χ4v) is 2.69. The van der Waals surface area contributed by atoms with Crippen LogP contribution in [0.25, 0.3) is 0 Å². The number of aryl methyl sites for hydroxylation is 2. The topological polar surface area (TPSA) is 75.9 Å². The number of nitrogens with one attached hydrogen (secondary N) is 1. The lowest BCUT2D eigenvalue weighted by Crippen LogP contribution is -2.31. The van der Waals surface area contributed by atoms with Gasteiger partial charge in [-0.1, -0.05) is 0 Å². The molecule has 23 heavy (non-hydrogen) atoms. The first-order valence-corrected chi connectivity index (χ1v) is 8.11. The van der Waals surface area contributed by atoms with Gasteiger partial charge in [-0.15, -0.1) is 0 Å². The summed E-state index contributed by atoms with van der Waals surface area (Å²) in [6.07, 6.45) is 5.37. The Morgan fingerprint density at radius 1 is 1.26 bits per heavy atom. The molecule has 1 fully saturated rings. The number of aromatic nitrogens is 4. The van der Waals surface area contributed by atoms with Crippen LogP contribution >= 0.6 is 0 Å². The van der Waals surface area contributed by atoms with E-state index in [-0.39, 0.29) is 5.91 Å². The van der Waals surface area contributed by atoms with Crippen molar-refractivity contribution in [2.45, 2.75) is 39.7 Å². The van der Waals surface area contributed by atoms with E-state index in [9.17, 15) is 4.79 Å². The summed E-state index contributed by atoms with van der Waals surface area (Å²) in [5.74, 6) is 0.927. The highest BCUT2D eigenvalue weighted by molar-refractivity contribution is 6.02. The van der Waals surface area contributed by atoms with Crippen LogP contribution in [0.5, 0.6) is 0 Å². The third-order valence-corrected chi connectivity index (χ3v) is 3.92. The van der Waals surface area contributed by atoms with E-state index in [1.807, 2.05) is 20.0 Å². The molecule has 0 bridgehead atoms. The summed E-state index contributed by atoms with van der Waals surface area (Å²) in [6.45, 7) is 6.55. The molecular formula is C16H22N6O. The van der Waals surface area contributed by atoms with Gasteiger partial charge in [0.1, 0.15) is 5.69 Å². The van der Waals surface area contributed by atoms with Crippen molar-refractivity contribution >= 4 is 17.7 Å². The van der Waals surface area contributed by atoms with Gasteiger partial charge < -0.3 is 10.2 Å². The van der Waals surface area contributed by atoms with Crippen molar-refractivity contribution in [3.05, 3.63) is 29.7 Å². The van der Waals surface area contributed by atoms with Gasteiger partial charge in [0.25, 0.3) is 5.91 Å². The van der Waals surface area contributed by atoms with Crippen LogP contribution < -0.4 is 10.2 Å². The minimum atomic E-state index is -0.255. The molecule has 1 amide bonds. The van der Waals surface area contributed by atoms with Crippen LogP contribution in [-0.2, 0) is 6.54 Å². The maximum absolute atomic E-state index is 12.4. The molecule has 2 aromatic heterocycles. The highest BCUT2D eigenvalue weighted by Gasteiger charge is 2.17. The van der Waals surface area contributed by atoms with Gasteiger partial charge in [0.15, 0.2) is 5.82 Å². The molecule has 0 aliphatic carbocycles. The van der Waals surface area contributed by atoms with Gasteiger partial charge in [-0.25, -0.2) is 9.97 Å². The predicted molar refractivity (Wildman–Crippen MR) is 88.7 cm³/mol. The first kappa shape index (κ1) is 15.5. The number of nitrogens with zero attached hydrogens (tertiary/aromatic N) is 5. The molecule has 0 spiro atoms. The predicted octanol–water partition coefficient (Wildman–Crippen LogP) is 2.24. The molecular weight excluding hydrogens is 292 g/mol. The monoisotopic (exact) mass is 314 g/mol. The van der Waals surface area contributed by atoms with Crippen molar-refractivity contribution in [1.82, 2.24) is 19.7 Å². The van der Waals surface area contributed by atoms with Gasteiger partial charge in [-0.05, 0) is 39.2 Å². The molecule has 0 atom stereocenters.